The lowest BCUT2D eigenvalue weighted by molar-refractivity contribution is 0.242. The van der Waals surface area contributed by atoms with Gasteiger partial charge in [-0.1, -0.05) is 11.3 Å². The lowest BCUT2D eigenvalue weighted by Crippen LogP contribution is -2.21. The van der Waals surface area contributed by atoms with Gasteiger partial charge in [0.15, 0.2) is 0 Å². The van der Waals surface area contributed by atoms with Gasteiger partial charge in [0, 0.05) is 19.3 Å². The Hall–Kier alpha value is -2.78. The van der Waals surface area contributed by atoms with Gasteiger partial charge in [-0.3, -0.25) is 4.99 Å². The lowest BCUT2D eigenvalue weighted by atomic mass is 10.1. The summed E-state index contributed by atoms with van der Waals surface area (Å²) in [5, 5.41) is 15.2. The molecule has 158 valence electrons. The summed E-state index contributed by atoms with van der Waals surface area (Å²) >= 11 is 0. The van der Waals surface area contributed by atoms with E-state index in [2.05, 4.69) is 36.7 Å². The molecule has 0 saturated carbocycles. The third-order valence-corrected chi connectivity index (χ3v) is 3.84. The summed E-state index contributed by atoms with van der Waals surface area (Å²) in [5.41, 5.74) is 3.76. The first kappa shape index (κ1) is 22.5. The number of aromatic nitrogens is 3. The van der Waals surface area contributed by atoms with Crippen LogP contribution < -0.4 is 15.9 Å². The minimum atomic E-state index is 0.0891. The average Bonchev–Trinajstić information content (AvgIpc) is 3.06. The second-order valence-electron chi connectivity index (χ2n) is 7.42. The topological polar surface area (TPSA) is 106 Å². The third-order valence-electron chi connectivity index (χ3n) is 3.84. The zero-order valence-corrected chi connectivity index (χ0v) is 18.0. The summed E-state index contributed by atoms with van der Waals surface area (Å²) in [5.74, 6) is 6.20. The molecular weight excluding hydrogens is 368 g/mol. The standard InChI is InChI=1S/C20H32N8O/c1-15(2)29-20-7-16(9-23-11-18(24-21)10-22-3)6-17(8-20)12-28-14-19(25-26-28)13-27(4)5/h6-8,11,14-15,22H,9-10,12-13,21H2,1-5H3. The van der Waals surface area contributed by atoms with Crippen molar-refractivity contribution in [3.63, 3.8) is 0 Å². The van der Waals surface area contributed by atoms with Crippen LogP contribution in [0.15, 0.2) is 34.5 Å². The Morgan fingerprint density at radius 3 is 2.72 bits per heavy atom. The molecule has 9 heteroatoms. The largest absolute Gasteiger partial charge is 0.491 e. The second kappa shape index (κ2) is 11.3. The Morgan fingerprint density at radius 1 is 1.31 bits per heavy atom. The quantitative estimate of drug-likeness (QED) is 0.334. The Bertz CT molecular complexity index is 826. The van der Waals surface area contributed by atoms with Crippen LogP contribution in [0, 0.1) is 0 Å². The average molecular weight is 401 g/mol. The van der Waals surface area contributed by atoms with E-state index in [0.29, 0.717) is 25.3 Å². The molecule has 1 aromatic heterocycles. The van der Waals surface area contributed by atoms with Crippen molar-refractivity contribution in [3.8, 4) is 5.75 Å². The first-order valence-corrected chi connectivity index (χ1v) is 9.64. The van der Waals surface area contributed by atoms with E-state index >= 15 is 0 Å². The third kappa shape index (κ3) is 8.00. The van der Waals surface area contributed by atoms with Crippen LogP contribution in [0.4, 0.5) is 0 Å². The van der Waals surface area contributed by atoms with Gasteiger partial charge in [-0.15, -0.1) is 5.10 Å². The van der Waals surface area contributed by atoms with Crippen LogP contribution in [0.3, 0.4) is 0 Å². The van der Waals surface area contributed by atoms with Crippen molar-refractivity contribution in [1.82, 2.24) is 25.2 Å². The van der Waals surface area contributed by atoms with Crippen molar-refractivity contribution in [2.75, 3.05) is 27.7 Å². The summed E-state index contributed by atoms with van der Waals surface area (Å²) in [7, 11) is 5.86. The van der Waals surface area contributed by atoms with E-state index < -0.39 is 0 Å². The molecule has 0 amide bonds. The molecule has 0 spiro atoms. The van der Waals surface area contributed by atoms with E-state index in [9.17, 15) is 0 Å². The number of nitrogens with zero attached hydrogens (tertiary/aromatic N) is 6. The highest BCUT2D eigenvalue weighted by Gasteiger charge is 2.07. The molecule has 1 aromatic carbocycles. The summed E-state index contributed by atoms with van der Waals surface area (Å²) in [6, 6.07) is 6.15. The predicted octanol–water partition coefficient (Wildman–Crippen LogP) is 1.28. The van der Waals surface area contributed by atoms with E-state index in [1.165, 1.54) is 0 Å². The molecule has 0 fully saturated rings. The number of ether oxygens (including phenoxy) is 1. The molecule has 0 aliphatic heterocycles. The molecule has 1 heterocycles. The number of hydrazone groups is 1. The van der Waals surface area contributed by atoms with Crippen LogP contribution >= 0.6 is 0 Å². The molecule has 0 unspecified atom stereocenters. The van der Waals surface area contributed by atoms with Gasteiger partial charge in [0.25, 0.3) is 0 Å². The zero-order valence-electron chi connectivity index (χ0n) is 18.0. The number of hydrogen-bond donors (Lipinski definition) is 2. The van der Waals surface area contributed by atoms with Gasteiger partial charge >= 0.3 is 0 Å². The number of nitrogens with one attached hydrogen (secondary N) is 1. The van der Waals surface area contributed by atoms with E-state index in [0.717, 1.165) is 29.1 Å². The van der Waals surface area contributed by atoms with E-state index in [1.54, 1.807) is 6.21 Å². The predicted molar refractivity (Wildman–Crippen MR) is 116 cm³/mol. The molecule has 0 atom stereocenters. The highest BCUT2D eigenvalue weighted by molar-refractivity contribution is 6.31. The Morgan fingerprint density at radius 2 is 2.07 bits per heavy atom. The van der Waals surface area contributed by atoms with Crippen LogP contribution in [-0.4, -0.2) is 65.6 Å². The fourth-order valence-corrected chi connectivity index (χ4v) is 2.81. The van der Waals surface area contributed by atoms with Gasteiger partial charge in [0.1, 0.15) is 5.75 Å². The molecule has 0 bridgehead atoms. The minimum absolute atomic E-state index is 0.0891. The maximum Gasteiger partial charge on any atom is 0.120 e. The second-order valence-corrected chi connectivity index (χ2v) is 7.42. The smallest absolute Gasteiger partial charge is 0.120 e. The molecule has 29 heavy (non-hydrogen) atoms. The first-order chi connectivity index (χ1) is 13.9. The Kier molecular flexibility index (Phi) is 8.75. The normalized spacial score (nSPS) is 12.4. The molecule has 0 saturated heterocycles. The summed E-state index contributed by atoms with van der Waals surface area (Å²) in [4.78, 5) is 6.53. The Balaban J connectivity index is 2.17. The summed E-state index contributed by atoms with van der Waals surface area (Å²) in [6.07, 6.45) is 3.75. The fourth-order valence-electron chi connectivity index (χ4n) is 2.81. The van der Waals surface area contributed by atoms with Gasteiger partial charge in [-0.25, -0.2) is 4.68 Å². The molecule has 2 rings (SSSR count). The molecule has 0 radical (unpaired) electrons. The zero-order chi connectivity index (χ0) is 21.2. The minimum Gasteiger partial charge on any atom is -0.491 e. The number of hydrogen-bond acceptors (Lipinski definition) is 8. The molecular formula is C20H32N8O. The maximum atomic E-state index is 5.92. The molecule has 0 aliphatic rings. The van der Waals surface area contributed by atoms with Gasteiger partial charge in [-0.05, 0) is 58.3 Å². The van der Waals surface area contributed by atoms with E-state index in [4.69, 9.17) is 10.6 Å². The fraction of sp³-hybridized carbons (Fsp3) is 0.500. The monoisotopic (exact) mass is 400 g/mol. The van der Waals surface area contributed by atoms with Gasteiger partial charge in [-0.2, -0.15) is 5.10 Å². The molecule has 3 N–H and O–H groups in total. The summed E-state index contributed by atoms with van der Waals surface area (Å²) in [6.45, 7) is 6.47. The van der Waals surface area contributed by atoms with Crippen molar-refractivity contribution < 1.29 is 4.74 Å². The number of nitrogens with two attached hydrogens (primary N) is 1. The van der Waals surface area contributed by atoms with Gasteiger partial charge in [0.2, 0.25) is 0 Å². The van der Waals surface area contributed by atoms with Crippen molar-refractivity contribution in [2.45, 2.75) is 39.6 Å². The molecule has 2 aromatic rings. The van der Waals surface area contributed by atoms with Crippen LogP contribution in [-0.2, 0) is 19.6 Å². The van der Waals surface area contributed by atoms with E-state index in [1.807, 2.05) is 58.0 Å². The van der Waals surface area contributed by atoms with Crippen molar-refractivity contribution in [3.05, 3.63) is 41.2 Å². The van der Waals surface area contributed by atoms with Crippen molar-refractivity contribution in [2.24, 2.45) is 15.9 Å². The van der Waals surface area contributed by atoms with Crippen LogP contribution in [0.25, 0.3) is 0 Å². The highest BCUT2D eigenvalue weighted by Crippen LogP contribution is 2.20. The van der Waals surface area contributed by atoms with Crippen LogP contribution in [0.2, 0.25) is 0 Å². The Labute approximate surface area is 172 Å². The van der Waals surface area contributed by atoms with E-state index in [-0.39, 0.29) is 6.10 Å². The van der Waals surface area contributed by atoms with Gasteiger partial charge in [0.05, 0.1) is 36.8 Å². The number of aliphatic imine (C=N–C) groups is 1. The lowest BCUT2D eigenvalue weighted by Gasteiger charge is -2.13. The number of rotatable bonds is 11. The first-order valence-electron chi connectivity index (χ1n) is 9.64. The highest BCUT2D eigenvalue weighted by atomic mass is 16.5. The van der Waals surface area contributed by atoms with Gasteiger partial charge < -0.3 is 20.8 Å². The maximum absolute atomic E-state index is 5.92. The number of benzene rings is 1. The van der Waals surface area contributed by atoms with Crippen LogP contribution in [0.5, 0.6) is 5.75 Å². The SMILES string of the molecule is CNCC(C=NCc1cc(Cn2cc(CN(C)C)nn2)cc(OC(C)C)c1)=NN. The summed E-state index contributed by atoms with van der Waals surface area (Å²) < 4.78 is 7.76. The van der Waals surface area contributed by atoms with Crippen molar-refractivity contribution in [1.29, 1.82) is 0 Å². The molecule has 0 aliphatic carbocycles. The van der Waals surface area contributed by atoms with Crippen LogP contribution in [0.1, 0.15) is 30.7 Å². The van der Waals surface area contributed by atoms with Crippen molar-refractivity contribution >= 4 is 11.9 Å². The molecule has 9 nitrogen and oxygen atoms in total.